The number of rotatable bonds is 7. The first-order chi connectivity index (χ1) is 13.0. The van der Waals surface area contributed by atoms with Crippen LogP contribution in [0.25, 0.3) is 0 Å². The SMILES string of the molecule is COCCCN1C(=S)NC(c2ccccn2)C1c1cc(C)n(C(C)C)c1C. The molecule has 2 aromatic rings. The third-order valence-electron chi connectivity index (χ3n) is 5.30. The van der Waals surface area contributed by atoms with Crippen molar-refractivity contribution in [3.05, 3.63) is 53.1 Å². The maximum atomic E-state index is 5.72. The molecule has 0 bridgehead atoms. The summed E-state index contributed by atoms with van der Waals surface area (Å²) < 4.78 is 7.66. The molecule has 6 heteroatoms. The molecule has 2 aromatic heterocycles. The molecule has 1 N–H and O–H groups in total. The number of aryl methyl sites for hydroxylation is 1. The monoisotopic (exact) mass is 386 g/mol. The van der Waals surface area contributed by atoms with E-state index in [1.54, 1.807) is 7.11 Å². The van der Waals surface area contributed by atoms with Crippen molar-refractivity contribution < 1.29 is 4.74 Å². The second kappa shape index (κ2) is 8.40. The molecule has 146 valence electrons. The maximum absolute atomic E-state index is 5.72. The van der Waals surface area contributed by atoms with Crippen molar-refractivity contribution >= 4 is 17.3 Å². The summed E-state index contributed by atoms with van der Waals surface area (Å²) in [5.41, 5.74) is 4.93. The molecule has 1 aliphatic rings. The molecule has 0 spiro atoms. The van der Waals surface area contributed by atoms with Crippen LogP contribution in [0.15, 0.2) is 30.5 Å². The van der Waals surface area contributed by atoms with Crippen molar-refractivity contribution in [3.8, 4) is 0 Å². The standard InChI is InChI=1S/C21H30N4OS/c1-14(2)25-15(3)13-17(16(25)4)20-19(18-9-6-7-10-22-18)23-21(27)24(20)11-8-12-26-5/h6-7,9-10,13-14,19-20H,8,11-12H2,1-5H3,(H,23,27). The molecule has 27 heavy (non-hydrogen) atoms. The number of hydrogen-bond donors (Lipinski definition) is 1. The van der Waals surface area contributed by atoms with Crippen LogP contribution in [0, 0.1) is 13.8 Å². The Bertz CT molecular complexity index is 787. The normalized spacial score (nSPS) is 19.8. The number of methoxy groups -OCH3 is 1. The van der Waals surface area contributed by atoms with Crippen LogP contribution < -0.4 is 5.32 Å². The summed E-state index contributed by atoms with van der Waals surface area (Å²) in [4.78, 5) is 6.92. The van der Waals surface area contributed by atoms with Crippen LogP contribution in [0.5, 0.6) is 0 Å². The van der Waals surface area contributed by atoms with Crippen LogP contribution >= 0.6 is 12.2 Å². The van der Waals surface area contributed by atoms with E-state index in [4.69, 9.17) is 17.0 Å². The van der Waals surface area contributed by atoms with E-state index in [2.05, 4.69) is 59.6 Å². The molecule has 0 amide bonds. The number of thiocarbonyl (C=S) groups is 1. The minimum Gasteiger partial charge on any atom is -0.385 e. The van der Waals surface area contributed by atoms with Gasteiger partial charge in [0, 0.05) is 43.9 Å². The highest BCUT2D eigenvalue weighted by Crippen LogP contribution is 2.41. The number of pyridine rings is 1. The van der Waals surface area contributed by atoms with E-state index in [1.165, 1.54) is 17.0 Å². The van der Waals surface area contributed by atoms with Gasteiger partial charge in [-0.1, -0.05) is 6.07 Å². The first-order valence-electron chi connectivity index (χ1n) is 9.61. The lowest BCUT2D eigenvalue weighted by Gasteiger charge is -2.28. The minimum atomic E-state index is 0.0438. The van der Waals surface area contributed by atoms with E-state index in [1.807, 2.05) is 18.3 Å². The number of ether oxygens (including phenoxy) is 1. The van der Waals surface area contributed by atoms with Crippen molar-refractivity contribution in [2.45, 2.75) is 52.2 Å². The summed E-state index contributed by atoms with van der Waals surface area (Å²) in [6.07, 6.45) is 2.79. The molecule has 3 heterocycles. The first-order valence-corrected chi connectivity index (χ1v) is 10.0. The Labute approximate surface area is 167 Å². The van der Waals surface area contributed by atoms with E-state index in [-0.39, 0.29) is 12.1 Å². The molecule has 0 aliphatic carbocycles. The van der Waals surface area contributed by atoms with Crippen molar-refractivity contribution in [2.24, 2.45) is 0 Å². The summed E-state index contributed by atoms with van der Waals surface area (Å²) >= 11 is 5.72. The summed E-state index contributed by atoms with van der Waals surface area (Å²) in [5.74, 6) is 0. The van der Waals surface area contributed by atoms with Crippen LogP contribution in [0.1, 0.15) is 61.0 Å². The number of nitrogens with one attached hydrogen (secondary N) is 1. The quantitative estimate of drug-likeness (QED) is 0.573. The molecule has 0 radical (unpaired) electrons. The predicted octanol–water partition coefficient (Wildman–Crippen LogP) is 4.09. The Morgan fingerprint density at radius 1 is 1.30 bits per heavy atom. The fraction of sp³-hybridized carbons (Fsp3) is 0.524. The minimum absolute atomic E-state index is 0.0438. The van der Waals surface area contributed by atoms with E-state index < -0.39 is 0 Å². The third kappa shape index (κ3) is 3.87. The molecule has 2 atom stereocenters. The van der Waals surface area contributed by atoms with Crippen molar-refractivity contribution in [2.75, 3.05) is 20.3 Å². The zero-order valence-corrected chi connectivity index (χ0v) is 17.7. The third-order valence-corrected chi connectivity index (χ3v) is 5.66. The number of nitrogens with zero attached hydrogens (tertiary/aromatic N) is 3. The Balaban J connectivity index is 2.04. The van der Waals surface area contributed by atoms with E-state index in [9.17, 15) is 0 Å². The van der Waals surface area contributed by atoms with Crippen LogP contribution in [-0.2, 0) is 4.74 Å². The van der Waals surface area contributed by atoms with Gasteiger partial charge in [0.25, 0.3) is 0 Å². The van der Waals surface area contributed by atoms with Crippen LogP contribution in [0.4, 0.5) is 0 Å². The molecule has 1 saturated heterocycles. The highest BCUT2D eigenvalue weighted by atomic mass is 32.1. The van der Waals surface area contributed by atoms with Crippen molar-refractivity contribution in [1.29, 1.82) is 0 Å². The predicted molar refractivity (Wildman–Crippen MR) is 113 cm³/mol. The highest BCUT2D eigenvalue weighted by molar-refractivity contribution is 7.80. The molecule has 0 saturated carbocycles. The molecule has 1 fully saturated rings. The Hall–Kier alpha value is -1.92. The Morgan fingerprint density at radius 3 is 2.67 bits per heavy atom. The molecule has 3 rings (SSSR count). The molecular weight excluding hydrogens is 356 g/mol. The van der Waals surface area contributed by atoms with Gasteiger partial charge in [-0.05, 0) is 70.1 Å². The first kappa shape index (κ1) is 19.8. The fourth-order valence-corrected chi connectivity index (χ4v) is 4.59. The second-order valence-electron chi connectivity index (χ2n) is 7.46. The zero-order chi connectivity index (χ0) is 19.6. The molecular formula is C21H30N4OS. The topological polar surface area (TPSA) is 42.3 Å². The molecule has 1 aliphatic heterocycles. The second-order valence-corrected chi connectivity index (χ2v) is 7.84. The zero-order valence-electron chi connectivity index (χ0n) is 16.9. The molecule has 5 nitrogen and oxygen atoms in total. The van der Waals surface area contributed by atoms with E-state index in [0.29, 0.717) is 6.04 Å². The van der Waals surface area contributed by atoms with Crippen LogP contribution in [0.3, 0.4) is 0 Å². The van der Waals surface area contributed by atoms with Gasteiger partial charge in [0.2, 0.25) is 0 Å². The van der Waals surface area contributed by atoms with Crippen molar-refractivity contribution in [3.63, 3.8) is 0 Å². The van der Waals surface area contributed by atoms with E-state index in [0.717, 1.165) is 30.4 Å². The van der Waals surface area contributed by atoms with Gasteiger partial charge in [-0.25, -0.2) is 0 Å². The Kier molecular flexibility index (Phi) is 6.17. The molecule has 2 unspecified atom stereocenters. The van der Waals surface area contributed by atoms with Gasteiger partial charge >= 0.3 is 0 Å². The summed E-state index contributed by atoms with van der Waals surface area (Å²) in [6, 6.07) is 8.98. The highest BCUT2D eigenvalue weighted by Gasteiger charge is 2.41. The molecule has 0 aromatic carbocycles. The van der Waals surface area contributed by atoms with Gasteiger partial charge in [-0.3, -0.25) is 4.98 Å². The summed E-state index contributed by atoms with van der Waals surface area (Å²) in [7, 11) is 1.74. The average molecular weight is 387 g/mol. The van der Waals surface area contributed by atoms with Gasteiger partial charge in [0.15, 0.2) is 5.11 Å². The van der Waals surface area contributed by atoms with Gasteiger partial charge in [-0.15, -0.1) is 0 Å². The lowest BCUT2D eigenvalue weighted by molar-refractivity contribution is 0.180. The van der Waals surface area contributed by atoms with Crippen LogP contribution in [0.2, 0.25) is 0 Å². The fourth-order valence-electron chi connectivity index (χ4n) is 4.26. The van der Waals surface area contributed by atoms with Crippen molar-refractivity contribution in [1.82, 2.24) is 19.8 Å². The lowest BCUT2D eigenvalue weighted by Crippen LogP contribution is -2.31. The maximum Gasteiger partial charge on any atom is 0.170 e. The summed E-state index contributed by atoms with van der Waals surface area (Å²) in [6.45, 7) is 10.4. The van der Waals surface area contributed by atoms with Crippen LogP contribution in [-0.4, -0.2) is 39.8 Å². The number of hydrogen-bond acceptors (Lipinski definition) is 3. The van der Waals surface area contributed by atoms with Gasteiger partial charge < -0.3 is 19.5 Å². The smallest absolute Gasteiger partial charge is 0.170 e. The van der Waals surface area contributed by atoms with Gasteiger partial charge in [0.05, 0.1) is 17.8 Å². The Morgan fingerprint density at radius 2 is 2.07 bits per heavy atom. The van der Waals surface area contributed by atoms with Gasteiger partial charge in [-0.2, -0.15) is 0 Å². The summed E-state index contributed by atoms with van der Waals surface area (Å²) in [5, 5.41) is 4.32. The largest absolute Gasteiger partial charge is 0.385 e. The lowest BCUT2D eigenvalue weighted by atomic mass is 9.96. The average Bonchev–Trinajstić information content (AvgIpc) is 3.12. The van der Waals surface area contributed by atoms with E-state index >= 15 is 0 Å². The number of aromatic nitrogens is 2. The van der Waals surface area contributed by atoms with Gasteiger partial charge in [0.1, 0.15) is 0 Å².